The molecule has 0 bridgehead atoms. The summed E-state index contributed by atoms with van der Waals surface area (Å²) in [6, 6.07) is 2.87. The van der Waals surface area contributed by atoms with Crippen LogP contribution >= 0.6 is 0 Å². The van der Waals surface area contributed by atoms with Gasteiger partial charge in [-0.05, 0) is 49.9 Å². The second-order valence-electron chi connectivity index (χ2n) is 8.16. The highest BCUT2D eigenvalue weighted by molar-refractivity contribution is 7.89. The number of carboxylic acid groups (broad SMARTS) is 2. The number of hydrogen-bond acceptors (Lipinski definition) is 8. The Hall–Kier alpha value is -4.05. The van der Waals surface area contributed by atoms with Gasteiger partial charge in [0.05, 0.1) is 10.9 Å². The van der Waals surface area contributed by atoms with E-state index in [4.69, 9.17) is 21.4 Å². The summed E-state index contributed by atoms with van der Waals surface area (Å²) in [5.41, 5.74) is 5.45. The lowest BCUT2D eigenvalue weighted by Crippen LogP contribution is -2.41. The fourth-order valence-electron chi connectivity index (χ4n) is 3.11. The molecule has 1 aromatic rings. The van der Waals surface area contributed by atoms with Crippen LogP contribution in [-0.2, 0) is 34.0 Å². The van der Waals surface area contributed by atoms with E-state index >= 15 is 0 Å². The Balaban J connectivity index is 2.52. The van der Waals surface area contributed by atoms with Crippen LogP contribution in [0.3, 0.4) is 0 Å². The van der Waals surface area contributed by atoms with Gasteiger partial charge in [-0.15, -0.1) is 0 Å². The van der Waals surface area contributed by atoms with E-state index in [0.29, 0.717) is 24.9 Å². The average molecular weight is 557 g/mol. The van der Waals surface area contributed by atoms with Gasteiger partial charge in [0.1, 0.15) is 12.3 Å². The maximum Gasteiger partial charge on any atom is 0.326 e. The van der Waals surface area contributed by atoms with Gasteiger partial charge in [0.25, 0.3) is 0 Å². The van der Waals surface area contributed by atoms with Crippen molar-refractivity contribution in [3.05, 3.63) is 24.3 Å². The topological polar surface area (TPSA) is 258 Å². The van der Waals surface area contributed by atoms with Gasteiger partial charge in [0.2, 0.25) is 21.8 Å². The van der Waals surface area contributed by atoms with Gasteiger partial charge in [-0.2, -0.15) is 0 Å². The van der Waals surface area contributed by atoms with Crippen LogP contribution in [0.2, 0.25) is 0 Å². The fraction of sp³-hybridized carbons (Fsp3) is 0.455. The Labute approximate surface area is 219 Å². The van der Waals surface area contributed by atoms with Crippen LogP contribution in [-0.4, -0.2) is 73.3 Å². The third-order valence-corrected chi connectivity index (χ3v) is 6.52. The molecule has 15 nitrogen and oxygen atoms in total. The van der Waals surface area contributed by atoms with E-state index in [0.717, 1.165) is 0 Å². The van der Waals surface area contributed by atoms with Crippen molar-refractivity contribution in [3.63, 3.8) is 0 Å². The van der Waals surface area contributed by atoms with Crippen LogP contribution in [0.25, 0.3) is 0 Å². The highest BCUT2D eigenvalue weighted by Crippen LogP contribution is 2.15. The third-order valence-electron chi connectivity index (χ3n) is 5.01. The van der Waals surface area contributed by atoms with Gasteiger partial charge >= 0.3 is 11.9 Å². The van der Waals surface area contributed by atoms with Crippen LogP contribution in [0, 0.1) is 5.41 Å². The van der Waals surface area contributed by atoms with E-state index in [1.165, 1.54) is 24.3 Å². The summed E-state index contributed by atoms with van der Waals surface area (Å²) in [5.74, 6) is -3.88. The Morgan fingerprint density at radius 1 is 0.974 bits per heavy atom. The minimum atomic E-state index is -4.02. The molecule has 0 fully saturated rings. The Morgan fingerprint density at radius 2 is 1.61 bits per heavy atom. The molecule has 0 saturated carbocycles. The molecule has 0 aromatic heterocycles. The van der Waals surface area contributed by atoms with Crippen LogP contribution in [0.4, 0.5) is 5.69 Å². The van der Waals surface area contributed by atoms with Crippen molar-refractivity contribution in [1.82, 2.24) is 15.4 Å². The number of aliphatic carboxylic acids is 2. The van der Waals surface area contributed by atoms with Crippen molar-refractivity contribution in [2.75, 3.05) is 11.9 Å². The average Bonchev–Trinajstić information content (AvgIpc) is 2.83. The minimum absolute atomic E-state index is 0.0820. The molecule has 9 N–H and O–H groups in total. The number of guanidine groups is 1. The number of benzene rings is 1. The maximum atomic E-state index is 12.5. The van der Waals surface area contributed by atoms with E-state index in [1.807, 2.05) is 0 Å². The summed E-state index contributed by atoms with van der Waals surface area (Å²) in [5, 5.41) is 32.1. The molecule has 0 saturated heterocycles. The van der Waals surface area contributed by atoms with Crippen LogP contribution in [0.15, 0.2) is 29.2 Å². The van der Waals surface area contributed by atoms with Crippen LogP contribution in [0.5, 0.6) is 0 Å². The number of carboxylic acids is 2. The lowest BCUT2D eigenvalue weighted by atomic mass is 10.1. The molecular formula is C22H32N6O9S. The van der Waals surface area contributed by atoms with Crippen molar-refractivity contribution in [1.29, 1.82) is 5.41 Å². The summed E-state index contributed by atoms with van der Waals surface area (Å²) in [6.45, 7) is 0.302. The zero-order valence-electron chi connectivity index (χ0n) is 20.4. The molecule has 38 heavy (non-hydrogen) atoms. The normalized spacial score (nSPS) is 12.5. The van der Waals surface area contributed by atoms with Crippen molar-refractivity contribution in [3.8, 4) is 0 Å². The first-order valence-corrected chi connectivity index (χ1v) is 13.0. The predicted octanol–water partition coefficient (Wildman–Crippen LogP) is -0.661. The molecule has 0 aliphatic rings. The number of nitrogens with two attached hydrogens (primary N) is 1. The molecule has 1 rings (SSSR count). The molecular weight excluding hydrogens is 524 g/mol. The van der Waals surface area contributed by atoms with Crippen molar-refractivity contribution >= 4 is 51.7 Å². The molecule has 1 unspecified atom stereocenters. The Morgan fingerprint density at radius 3 is 2.16 bits per heavy atom. The van der Waals surface area contributed by atoms with Gasteiger partial charge in [0.15, 0.2) is 5.96 Å². The van der Waals surface area contributed by atoms with Gasteiger partial charge < -0.3 is 36.7 Å². The molecule has 1 aromatic carbocycles. The summed E-state index contributed by atoms with van der Waals surface area (Å²) >= 11 is 0. The molecule has 0 aliphatic heterocycles. The monoisotopic (exact) mass is 556 g/mol. The quantitative estimate of drug-likeness (QED) is 0.0487. The van der Waals surface area contributed by atoms with E-state index < -0.39 is 52.3 Å². The maximum absolute atomic E-state index is 12.5. The first-order valence-electron chi connectivity index (χ1n) is 11.5. The lowest BCUT2D eigenvalue weighted by molar-refractivity contribution is -0.143. The van der Waals surface area contributed by atoms with Crippen molar-refractivity contribution < 1.29 is 42.6 Å². The van der Waals surface area contributed by atoms with Crippen molar-refractivity contribution in [2.24, 2.45) is 5.73 Å². The van der Waals surface area contributed by atoms with E-state index in [2.05, 4.69) is 20.7 Å². The molecule has 2 amide bonds. The first-order chi connectivity index (χ1) is 17.8. The largest absolute Gasteiger partial charge is 0.481 e. The van der Waals surface area contributed by atoms with E-state index in [-0.39, 0.29) is 43.0 Å². The standard InChI is InChI=1S/C22H32N6O9S/c23-22(24)25-12-2-3-15(13-29)28-38(36,37)16-8-6-14(7-9-16)26-18(30)4-1-5-19(31)27-17(21(34)35)10-11-20(32)33/h6-9,13,15,17,28H,1-5,10-12H2,(H,26,30)(H,27,31)(H,32,33)(H,34,35)(H4,23,24,25)/t15-,17?/m0/s1. The van der Waals surface area contributed by atoms with Gasteiger partial charge in [0, 0.05) is 31.5 Å². The van der Waals surface area contributed by atoms with E-state index in [9.17, 15) is 32.4 Å². The lowest BCUT2D eigenvalue weighted by Gasteiger charge is -2.14. The number of carbonyl (C=O) groups is 5. The summed E-state index contributed by atoms with van der Waals surface area (Å²) in [6.07, 6.45) is 0.209. The summed E-state index contributed by atoms with van der Waals surface area (Å²) < 4.78 is 27.4. The number of rotatable bonds is 18. The number of anilines is 1. The predicted molar refractivity (Wildman–Crippen MR) is 135 cm³/mol. The second-order valence-corrected chi connectivity index (χ2v) is 9.88. The smallest absolute Gasteiger partial charge is 0.326 e. The zero-order valence-corrected chi connectivity index (χ0v) is 21.3. The van der Waals surface area contributed by atoms with Gasteiger partial charge in [-0.1, -0.05) is 0 Å². The number of nitrogens with one attached hydrogen (secondary N) is 5. The van der Waals surface area contributed by atoms with Crippen LogP contribution < -0.4 is 26.4 Å². The molecule has 210 valence electrons. The zero-order chi connectivity index (χ0) is 28.7. The number of sulfonamides is 1. The Bertz CT molecular complexity index is 1110. The van der Waals surface area contributed by atoms with Gasteiger partial charge in [-0.25, -0.2) is 17.9 Å². The molecule has 0 spiro atoms. The molecule has 2 atom stereocenters. The third kappa shape index (κ3) is 12.8. The second kappa shape index (κ2) is 15.9. The highest BCUT2D eigenvalue weighted by Gasteiger charge is 2.21. The van der Waals surface area contributed by atoms with E-state index in [1.54, 1.807) is 0 Å². The summed E-state index contributed by atoms with van der Waals surface area (Å²) in [4.78, 5) is 56.9. The summed E-state index contributed by atoms with van der Waals surface area (Å²) in [7, 11) is -4.02. The van der Waals surface area contributed by atoms with Crippen LogP contribution in [0.1, 0.15) is 44.9 Å². The Kier molecular flexibility index (Phi) is 13.4. The number of hydrogen-bond donors (Lipinski definition) is 8. The molecule has 0 aliphatic carbocycles. The number of carbonyl (C=O) groups excluding carboxylic acids is 3. The number of amides is 2. The number of aldehydes is 1. The molecule has 0 heterocycles. The molecule has 16 heteroatoms. The molecule has 0 radical (unpaired) electrons. The fourth-order valence-corrected chi connectivity index (χ4v) is 4.31. The van der Waals surface area contributed by atoms with Crippen molar-refractivity contribution in [2.45, 2.75) is 61.9 Å². The SMILES string of the molecule is N=C(N)NCCC[C@@H](C=O)NS(=O)(=O)c1ccc(NC(=O)CCCC(=O)NC(CCC(=O)O)C(=O)O)cc1. The van der Waals surface area contributed by atoms with Gasteiger partial charge in [-0.3, -0.25) is 19.8 Å². The minimum Gasteiger partial charge on any atom is -0.481 e. The highest BCUT2D eigenvalue weighted by atomic mass is 32.2. The first kappa shape index (κ1) is 32.0.